The molecule has 0 unspecified atom stereocenters. The number of thiazole rings is 1. The lowest BCUT2D eigenvalue weighted by atomic mass is 10.2. The molecule has 0 amide bonds. The highest BCUT2D eigenvalue weighted by atomic mass is 79.9. The number of fused-ring (bicyclic) bond motifs is 1. The lowest BCUT2D eigenvalue weighted by molar-refractivity contribution is 1.21. The number of nitrogen functional groups attached to an aromatic ring is 1. The molecule has 0 aliphatic heterocycles. The quantitative estimate of drug-likeness (QED) is 0.415. The van der Waals surface area contributed by atoms with E-state index in [9.17, 15) is 0 Å². The van der Waals surface area contributed by atoms with Crippen molar-refractivity contribution in [1.82, 2.24) is 9.97 Å². The number of amidine groups is 2. The Bertz CT molecular complexity index is 917. The number of aliphatic imine (C=N–C) groups is 1. The minimum atomic E-state index is -0.0970. The molecule has 0 saturated heterocycles. The van der Waals surface area contributed by atoms with E-state index in [2.05, 4.69) is 46.8 Å². The van der Waals surface area contributed by atoms with Crippen molar-refractivity contribution in [1.29, 1.82) is 5.41 Å². The molecule has 3 rings (SSSR count). The van der Waals surface area contributed by atoms with E-state index in [1.165, 1.54) is 17.5 Å². The highest BCUT2D eigenvalue weighted by Crippen LogP contribution is 2.30. The van der Waals surface area contributed by atoms with Crippen molar-refractivity contribution in [2.45, 2.75) is 0 Å². The van der Waals surface area contributed by atoms with Crippen molar-refractivity contribution in [3.05, 3.63) is 50.7 Å². The maximum absolute atomic E-state index is 7.65. The predicted molar refractivity (Wildman–Crippen MR) is 101 cm³/mol. The van der Waals surface area contributed by atoms with Gasteiger partial charge in [0.1, 0.15) is 11.5 Å². The fourth-order valence-corrected chi connectivity index (χ4v) is 4.32. The minimum absolute atomic E-state index is 0.0970. The molecule has 0 saturated carbocycles. The number of hydrogen-bond acceptors (Lipinski definition) is 5. The van der Waals surface area contributed by atoms with Crippen molar-refractivity contribution >= 4 is 70.2 Å². The van der Waals surface area contributed by atoms with Gasteiger partial charge >= 0.3 is 0 Å². The van der Waals surface area contributed by atoms with Crippen molar-refractivity contribution in [2.24, 2.45) is 16.5 Å². The molecule has 0 radical (unpaired) electrons. The lowest BCUT2D eigenvalue weighted by Crippen LogP contribution is -2.20. The smallest absolute Gasteiger partial charge is 0.212 e. The maximum atomic E-state index is 7.65. The third kappa shape index (κ3) is 3.12. The molecule has 23 heavy (non-hydrogen) atoms. The summed E-state index contributed by atoms with van der Waals surface area (Å²) in [4.78, 5) is 13.0. The van der Waals surface area contributed by atoms with Crippen LogP contribution in [0.3, 0.4) is 0 Å². The van der Waals surface area contributed by atoms with Crippen LogP contribution in [0.25, 0.3) is 10.2 Å². The summed E-state index contributed by atoms with van der Waals surface area (Å²) in [5, 5.41) is 8.19. The second-order valence-corrected chi connectivity index (χ2v) is 7.18. The van der Waals surface area contributed by atoms with Crippen LogP contribution in [0, 0.1) is 5.41 Å². The van der Waals surface area contributed by atoms with Gasteiger partial charge in [0.2, 0.25) is 5.13 Å². The Morgan fingerprint density at radius 1 is 1.22 bits per heavy atom. The number of nitrogens with one attached hydrogen (secondary N) is 1. The molecule has 3 aromatic rings. The van der Waals surface area contributed by atoms with Gasteiger partial charge in [-0.05, 0) is 44.0 Å². The van der Waals surface area contributed by atoms with Gasteiger partial charge in [-0.15, -0.1) is 0 Å². The maximum Gasteiger partial charge on any atom is 0.212 e. The Morgan fingerprint density at radius 3 is 2.65 bits per heavy atom. The summed E-state index contributed by atoms with van der Waals surface area (Å²) < 4.78 is 2.15. The number of para-hydroxylation sites is 1. The second-order valence-electron chi connectivity index (χ2n) is 4.52. The van der Waals surface area contributed by atoms with Gasteiger partial charge in [0.05, 0.1) is 14.7 Å². The van der Waals surface area contributed by atoms with Gasteiger partial charge in [-0.3, -0.25) is 10.4 Å². The number of nitrogens with two attached hydrogens (primary N) is 2. The first-order chi connectivity index (χ1) is 11.0. The summed E-state index contributed by atoms with van der Waals surface area (Å²) in [6, 6.07) is 7.76. The van der Waals surface area contributed by atoms with Gasteiger partial charge in [-0.25, -0.2) is 4.98 Å². The molecule has 2 aromatic heterocycles. The molecular weight excluding hydrogens is 444 g/mol. The number of pyridine rings is 1. The number of aromatic nitrogens is 2. The van der Waals surface area contributed by atoms with Crippen LogP contribution in [0.4, 0.5) is 5.13 Å². The third-order valence-electron chi connectivity index (χ3n) is 2.98. The van der Waals surface area contributed by atoms with Gasteiger partial charge in [-0.1, -0.05) is 23.5 Å². The summed E-state index contributed by atoms with van der Waals surface area (Å²) in [5.74, 6) is 0.103. The van der Waals surface area contributed by atoms with Crippen LogP contribution < -0.4 is 11.5 Å². The number of hydrogen-bond donors (Lipinski definition) is 3. The number of rotatable bonds is 3. The van der Waals surface area contributed by atoms with Crippen LogP contribution in [-0.4, -0.2) is 21.6 Å². The molecule has 0 fully saturated rings. The first kappa shape index (κ1) is 16.0. The van der Waals surface area contributed by atoms with E-state index in [0.29, 0.717) is 25.3 Å². The summed E-state index contributed by atoms with van der Waals surface area (Å²) in [6.07, 6.45) is 1.54. The summed E-state index contributed by atoms with van der Waals surface area (Å²) in [6.45, 7) is 0. The number of benzene rings is 1. The fourth-order valence-electron chi connectivity index (χ4n) is 1.96. The van der Waals surface area contributed by atoms with Crippen LogP contribution in [0.1, 0.15) is 11.3 Å². The Kier molecular flexibility index (Phi) is 4.42. The van der Waals surface area contributed by atoms with Gasteiger partial charge in [0, 0.05) is 16.2 Å². The zero-order valence-corrected chi connectivity index (χ0v) is 15.5. The zero-order valence-electron chi connectivity index (χ0n) is 11.5. The Balaban J connectivity index is 2.07. The van der Waals surface area contributed by atoms with E-state index in [0.717, 1.165) is 10.2 Å². The molecule has 0 aliphatic rings. The van der Waals surface area contributed by atoms with E-state index in [1.54, 1.807) is 0 Å². The fraction of sp³-hybridized carbons (Fsp3) is 0. The summed E-state index contributed by atoms with van der Waals surface area (Å²) >= 11 is 8.15. The second kappa shape index (κ2) is 6.34. The van der Waals surface area contributed by atoms with Gasteiger partial charge in [-0.2, -0.15) is 4.99 Å². The monoisotopic (exact) mass is 452 g/mol. The summed E-state index contributed by atoms with van der Waals surface area (Å²) in [5.41, 5.74) is 13.4. The van der Waals surface area contributed by atoms with E-state index in [4.69, 9.17) is 16.9 Å². The third-order valence-corrected chi connectivity index (χ3v) is 5.29. The van der Waals surface area contributed by atoms with E-state index >= 15 is 0 Å². The molecule has 5 N–H and O–H groups in total. The first-order valence-electron chi connectivity index (χ1n) is 6.36. The molecule has 0 bridgehead atoms. The van der Waals surface area contributed by atoms with Gasteiger partial charge < -0.3 is 11.5 Å². The van der Waals surface area contributed by atoms with Crippen LogP contribution in [0.2, 0.25) is 0 Å². The predicted octanol–water partition coefficient (Wildman–Crippen LogP) is 3.54. The van der Waals surface area contributed by atoms with E-state index < -0.39 is 0 Å². The van der Waals surface area contributed by atoms with Crippen LogP contribution in [0.15, 0.2) is 44.4 Å². The molecular formula is C14H10Br2N6S. The molecule has 2 heterocycles. The molecule has 116 valence electrons. The van der Waals surface area contributed by atoms with Crippen LogP contribution in [-0.2, 0) is 0 Å². The zero-order chi connectivity index (χ0) is 16.6. The number of nitrogens with zero attached hydrogens (tertiary/aromatic N) is 3. The first-order valence-corrected chi connectivity index (χ1v) is 8.76. The minimum Gasteiger partial charge on any atom is -0.384 e. The molecule has 0 atom stereocenters. The Labute approximate surface area is 152 Å². The molecule has 9 heteroatoms. The highest BCUT2D eigenvalue weighted by Gasteiger charge is 2.16. The van der Waals surface area contributed by atoms with Crippen LogP contribution >= 0.6 is 43.2 Å². The van der Waals surface area contributed by atoms with Gasteiger partial charge in [0.25, 0.3) is 0 Å². The Morgan fingerprint density at radius 2 is 1.96 bits per heavy atom. The molecule has 1 aromatic carbocycles. The van der Waals surface area contributed by atoms with Crippen molar-refractivity contribution in [3.8, 4) is 0 Å². The normalized spacial score (nSPS) is 11.8. The highest BCUT2D eigenvalue weighted by molar-refractivity contribution is 9.11. The van der Waals surface area contributed by atoms with E-state index in [-0.39, 0.29) is 11.7 Å². The number of halogens is 2. The van der Waals surface area contributed by atoms with Crippen molar-refractivity contribution < 1.29 is 0 Å². The standard InChI is InChI=1S/C14H10Br2N6S/c15-6-5-20-11(10(16)9(6)12(17)18)13(19)22-14-21-7-3-1-2-4-8(7)23-14/h1-5H,(H3,17,18)(H2,19,21,22). The van der Waals surface area contributed by atoms with Crippen LogP contribution in [0.5, 0.6) is 0 Å². The topological polar surface area (TPSA) is 114 Å². The van der Waals surface area contributed by atoms with Crippen molar-refractivity contribution in [3.63, 3.8) is 0 Å². The lowest BCUT2D eigenvalue weighted by Gasteiger charge is -2.09. The average molecular weight is 454 g/mol. The average Bonchev–Trinajstić information content (AvgIpc) is 2.88. The van der Waals surface area contributed by atoms with E-state index in [1.807, 2.05) is 24.3 Å². The SMILES string of the molecule is N=C(N)c1c(Br)cnc(/C(N)=N/c2nc3ccccc3s2)c1Br. The molecule has 0 spiro atoms. The van der Waals surface area contributed by atoms with Gasteiger partial charge in [0.15, 0.2) is 5.84 Å². The Hall–Kier alpha value is -1.84. The summed E-state index contributed by atoms with van der Waals surface area (Å²) in [7, 11) is 0. The largest absolute Gasteiger partial charge is 0.384 e. The molecule has 6 nitrogen and oxygen atoms in total. The van der Waals surface area contributed by atoms with Crippen molar-refractivity contribution in [2.75, 3.05) is 0 Å². The molecule has 0 aliphatic carbocycles.